The summed E-state index contributed by atoms with van der Waals surface area (Å²) in [6, 6.07) is 4.37. The molecule has 0 N–H and O–H groups in total. The third-order valence-corrected chi connectivity index (χ3v) is 7.35. The van der Waals surface area contributed by atoms with Gasteiger partial charge < -0.3 is 14.4 Å². The fraction of sp³-hybridized carbons (Fsp3) is 0.538. The molecule has 0 aliphatic carbocycles. The van der Waals surface area contributed by atoms with Gasteiger partial charge in [-0.05, 0) is 50.4 Å². The molecule has 15 heteroatoms. The highest BCUT2D eigenvalue weighted by Gasteiger charge is 2.36. The third-order valence-electron chi connectivity index (χ3n) is 7.35. The van der Waals surface area contributed by atoms with Crippen molar-refractivity contribution in [3.63, 3.8) is 0 Å². The number of likely N-dealkylation sites (tertiary alicyclic amines) is 1. The molecular formula is C26H30ClF3N8O3. The summed E-state index contributed by atoms with van der Waals surface area (Å²) in [7, 11) is 1.62. The number of halogens is 4. The number of piperidine rings is 1. The number of alkyl halides is 3. The van der Waals surface area contributed by atoms with Crippen LogP contribution in [-0.2, 0) is 22.8 Å². The van der Waals surface area contributed by atoms with Crippen molar-refractivity contribution in [3.05, 3.63) is 29.6 Å². The van der Waals surface area contributed by atoms with Gasteiger partial charge >= 0.3 is 6.18 Å². The number of aromatic nitrogens is 5. The van der Waals surface area contributed by atoms with Gasteiger partial charge in [0.15, 0.2) is 5.69 Å². The number of nitriles is 1. The second-order valence-corrected chi connectivity index (χ2v) is 9.97. The highest BCUT2D eigenvalue weighted by molar-refractivity contribution is 5.85. The van der Waals surface area contributed by atoms with Crippen LogP contribution in [0.25, 0.3) is 22.3 Å². The Hall–Kier alpha value is -3.54. The summed E-state index contributed by atoms with van der Waals surface area (Å²) in [5.41, 5.74) is -0.0636. The monoisotopic (exact) mass is 594 g/mol. The van der Waals surface area contributed by atoms with Crippen molar-refractivity contribution in [3.8, 4) is 23.2 Å². The van der Waals surface area contributed by atoms with Crippen LogP contribution in [-0.4, -0.2) is 93.2 Å². The first-order valence-electron chi connectivity index (χ1n) is 13.1. The van der Waals surface area contributed by atoms with E-state index in [1.165, 1.54) is 16.9 Å². The maximum absolute atomic E-state index is 14.0. The highest BCUT2D eigenvalue weighted by atomic mass is 35.5. The Labute approximate surface area is 240 Å². The van der Waals surface area contributed by atoms with Crippen molar-refractivity contribution in [1.29, 1.82) is 5.26 Å². The standard InChI is InChI=1S/C26H29F3N8O3.ClH/c1-35-22-13-20(32-21(14-30)24(22)33-34-35)18-12-19(26(27,28)29)25(31-15-18)40-9-4-17-2-5-36(6-3-17)16-23(38)37-7-10-39-11-8-37;/h12-13,15,17H,2-11,16H2,1H3;1H. The smallest absolute Gasteiger partial charge is 0.421 e. The quantitative estimate of drug-likeness (QED) is 0.406. The maximum atomic E-state index is 14.0. The summed E-state index contributed by atoms with van der Waals surface area (Å²) >= 11 is 0. The molecule has 0 bridgehead atoms. The maximum Gasteiger partial charge on any atom is 0.421 e. The minimum Gasteiger partial charge on any atom is -0.477 e. The normalized spacial score (nSPS) is 16.8. The van der Waals surface area contributed by atoms with Gasteiger partial charge in [-0.1, -0.05) is 5.21 Å². The molecule has 220 valence electrons. The number of carbonyl (C=O) groups is 1. The van der Waals surface area contributed by atoms with E-state index >= 15 is 0 Å². The Morgan fingerprint density at radius 2 is 1.93 bits per heavy atom. The average Bonchev–Trinajstić information content (AvgIpc) is 3.34. The lowest BCUT2D eigenvalue weighted by atomic mass is 9.94. The molecule has 0 saturated carbocycles. The lowest BCUT2D eigenvalue weighted by molar-refractivity contribution is -0.139. The number of morpholine rings is 1. The minimum absolute atomic E-state index is 0. The van der Waals surface area contributed by atoms with Gasteiger partial charge in [-0.25, -0.2) is 14.6 Å². The molecule has 3 aromatic heterocycles. The lowest BCUT2D eigenvalue weighted by Gasteiger charge is -2.34. The van der Waals surface area contributed by atoms with E-state index in [2.05, 4.69) is 25.2 Å². The van der Waals surface area contributed by atoms with Crippen molar-refractivity contribution < 1.29 is 27.4 Å². The molecule has 11 nitrogen and oxygen atoms in total. The SMILES string of the molecule is Cl.Cn1nnc2c(C#N)nc(-c3cnc(OCCC4CCN(CC(=O)N5CCOCC5)CC4)c(C(F)(F)F)c3)cc21. The van der Waals surface area contributed by atoms with Gasteiger partial charge in [-0.2, -0.15) is 18.4 Å². The Morgan fingerprint density at radius 3 is 2.61 bits per heavy atom. The molecule has 2 fully saturated rings. The molecule has 2 aliphatic heterocycles. The Kier molecular flexibility index (Phi) is 9.62. The van der Waals surface area contributed by atoms with Crippen LogP contribution in [0.3, 0.4) is 0 Å². The number of ether oxygens (including phenoxy) is 2. The molecule has 0 unspecified atom stereocenters. The number of hydrogen-bond acceptors (Lipinski definition) is 9. The minimum atomic E-state index is -4.70. The molecule has 0 atom stereocenters. The van der Waals surface area contributed by atoms with Crippen LogP contribution in [0.5, 0.6) is 5.88 Å². The van der Waals surface area contributed by atoms with Crippen LogP contribution in [0.1, 0.15) is 30.5 Å². The number of pyridine rings is 2. The van der Waals surface area contributed by atoms with E-state index in [0.29, 0.717) is 44.8 Å². The van der Waals surface area contributed by atoms with E-state index in [9.17, 15) is 23.2 Å². The van der Waals surface area contributed by atoms with E-state index in [1.807, 2.05) is 11.0 Å². The number of nitrogens with zero attached hydrogens (tertiary/aromatic N) is 8. The van der Waals surface area contributed by atoms with Gasteiger partial charge in [-0.15, -0.1) is 17.5 Å². The number of fused-ring (bicyclic) bond motifs is 1. The largest absolute Gasteiger partial charge is 0.477 e. The summed E-state index contributed by atoms with van der Waals surface area (Å²) in [6.45, 7) is 4.37. The average molecular weight is 595 g/mol. The molecule has 0 aromatic carbocycles. The van der Waals surface area contributed by atoms with Crippen molar-refractivity contribution >= 4 is 29.3 Å². The molecule has 41 heavy (non-hydrogen) atoms. The summed E-state index contributed by atoms with van der Waals surface area (Å²) in [5, 5.41) is 17.2. The van der Waals surface area contributed by atoms with Crippen LogP contribution in [0.4, 0.5) is 13.2 Å². The van der Waals surface area contributed by atoms with E-state index in [1.54, 1.807) is 7.05 Å². The van der Waals surface area contributed by atoms with Crippen molar-refractivity contribution in [2.75, 3.05) is 52.5 Å². The summed E-state index contributed by atoms with van der Waals surface area (Å²) < 4.78 is 54.1. The van der Waals surface area contributed by atoms with Crippen LogP contribution < -0.4 is 4.74 Å². The summed E-state index contributed by atoms with van der Waals surface area (Å²) in [6.07, 6.45) is -1.17. The Morgan fingerprint density at radius 1 is 1.20 bits per heavy atom. The first-order valence-corrected chi connectivity index (χ1v) is 13.1. The van der Waals surface area contributed by atoms with Crippen LogP contribution in [0, 0.1) is 17.2 Å². The second kappa shape index (κ2) is 13.0. The molecule has 2 aliphatic rings. The zero-order valence-electron chi connectivity index (χ0n) is 22.4. The number of aryl methyl sites for hydroxylation is 1. The third kappa shape index (κ3) is 7.03. The fourth-order valence-electron chi connectivity index (χ4n) is 5.03. The van der Waals surface area contributed by atoms with Gasteiger partial charge in [0.2, 0.25) is 11.8 Å². The number of amides is 1. The summed E-state index contributed by atoms with van der Waals surface area (Å²) in [5.74, 6) is -0.0972. The molecule has 0 spiro atoms. The predicted octanol–water partition coefficient (Wildman–Crippen LogP) is 3.08. The summed E-state index contributed by atoms with van der Waals surface area (Å²) in [4.78, 5) is 24.6. The van der Waals surface area contributed by atoms with Crippen molar-refractivity contribution in [1.82, 2.24) is 34.8 Å². The zero-order valence-corrected chi connectivity index (χ0v) is 23.2. The highest BCUT2D eigenvalue weighted by Crippen LogP contribution is 2.38. The topological polar surface area (TPSA) is 122 Å². The van der Waals surface area contributed by atoms with E-state index < -0.39 is 17.6 Å². The van der Waals surface area contributed by atoms with E-state index in [0.717, 1.165) is 32.0 Å². The van der Waals surface area contributed by atoms with Crippen LogP contribution in [0.2, 0.25) is 0 Å². The van der Waals surface area contributed by atoms with Crippen LogP contribution >= 0.6 is 12.4 Å². The van der Waals surface area contributed by atoms with Crippen molar-refractivity contribution in [2.24, 2.45) is 13.0 Å². The van der Waals surface area contributed by atoms with E-state index in [4.69, 9.17) is 9.47 Å². The fourth-order valence-corrected chi connectivity index (χ4v) is 5.03. The molecule has 5 rings (SSSR count). The second-order valence-electron chi connectivity index (χ2n) is 9.97. The molecule has 2 saturated heterocycles. The predicted molar refractivity (Wildman–Crippen MR) is 143 cm³/mol. The Bertz CT molecular complexity index is 1410. The van der Waals surface area contributed by atoms with Crippen molar-refractivity contribution in [2.45, 2.75) is 25.4 Å². The molecule has 1 amide bonds. The first-order chi connectivity index (χ1) is 19.2. The van der Waals surface area contributed by atoms with Gasteiger partial charge in [0.05, 0.1) is 37.6 Å². The van der Waals surface area contributed by atoms with E-state index in [-0.39, 0.29) is 53.3 Å². The number of carbonyl (C=O) groups excluding carboxylic acids is 1. The van der Waals surface area contributed by atoms with Gasteiger partial charge in [0.1, 0.15) is 17.1 Å². The molecule has 0 radical (unpaired) electrons. The lowest BCUT2D eigenvalue weighted by Crippen LogP contribution is -2.47. The molecule has 5 heterocycles. The zero-order chi connectivity index (χ0) is 28.3. The number of rotatable bonds is 7. The van der Waals surface area contributed by atoms with Gasteiger partial charge in [0.25, 0.3) is 0 Å². The van der Waals surface area contributed by atoms with Gasteiger partial charge in [-0.3, -0.25) is 9.69 Å². The molecular weight excluding hydrogens is 565 g/mol. The first kappa shape index (κ1) is 30.4. The van der Waals surface area contributed by atoms with Crippen LogP contribution in [0.15, 0.2) is 18.3 Å². The Balaban J connectivity index is 0.00000387. The van der Waals surface area contributed by atoms with Gasteiger partial charge in [0, 0.05) is 31.9 Å². The molecule has 3 aromatic rings. The number of hydrogen-bond donors (Lipinski definition) is 0.